The minimum absolute atomic E-state index is 0.0882. The highest BCUT2D eigenvalue weighted by molar-refractivity contribution is 9.10. The molecule has 0 saturated heterocycles. The van der Waals surface area contributed by atoms with Gasteiger partial charge in [-0.2, -0.15) is 0 Å². The predicted molar refractivity (Wildman–Crippen MR) is 72.7 cm³/mol. The summed E-state index contributed by atoms with van der Waals surface area (Å²) in [5.41, 5.74) is 7.42. The van der Waals surface area contributed by atoms with Gasteiger partial charge in [-0.1, -0.05) is 46.8 Å². The molecule has 1 fully saturated rings. The summed E-state index contributed by atoms with van der Waals surface area (Å²) in [5.74, 6) is 0.598. The van der Waals surface area contributed by atoms with E-state index in [9.17, 15) is 0 Å². The third kappa shape index (κ3) is 2.79. The molecule has 1 aliphatic carbocycles. The minimum atomic E-state index is 0.0882. The van der Waals surface area contributed by atoms with Gasteiger partial charge in [0.15, 0.2) is 0 Å². The Balaban J connectivity index is 2.18. The number of halogens is 2. The first kappa shape index (κ1) is 12.4. The van der Waals surface area contributed by atoms with E-state index in [1.54, 1.807) is 0 Å². The second-order valence-electron chi connectivity index (χ2n) is 4.59. The van der Waals surface area contributed by atoms with E-state index < -0.39 is 0 Å². The van der Waals surface area contributed by atoms with Gasteiger partial charge in [-0.15, -0.1) is 0 Å². The third-order valence-corrected chi connectivity index (χ3v) is 4.31. The van der Waals surface area contributed by atoms with Crippen LogP contribution in [0, 0.1) is 5.92 Å². The molecule has 0 aromatic heterocycles. The molecule has 0 aliphatic heterocycles. The molecule has 3 heteroatoms. The molecule has 16 heavy (non-hydrogen) atoms. The molecule has 0 spiro atoms. The highest BCUT2D eigenvalue weighted by atomic mass is 79.9. The summed E-state index contributed by atoms with van der Waals surface area (Å²) in [6.45, 7) is 0. The number of benzene rings is 1. The Kier molecular flexibility index (Phi) is 4.28. The Morgan fingerprint density at radius 3 is 2.62 bits per heavy atom. The lowest BCUT2D eigenvalue weighted by Gasteiger charge is -2.28. The summed E-state index contributed by atoms with van der Waals surface area (Å²) in [7, 11) is 0. The summed E-state index contributed by atoms with van der Waals surface area (Å²) in [4.78, 5) is 0. The van der Waals surface area contributed by atoms with Crippen molar-refractivity contribution in [3.63, 3.8) is 0 Å². The molecule has 2 rings (SSSR count). The van der Waals surface area contributed by atoms with Crippen LogP contribution in [-0.4, -0.2) is 0 Å². The normalized spacial score (nSPS) is 19.7. The van der Waals surface area contributed by atoms with E-state index in [1.165, 1.54) is 32.1 Å². The third-order valence-electron chi connectivity index (χ3n) is 3.47. The van der Waals surface area contributed by atoms with Crippen molar-refractivity contribution in [1.29, 1.82) is 0 Å². The van der Waals surface area contributed by atoms with Crippen molar-refractivity contribution in [3.05, 3.63) is 33.3 Å². The summed E-state index contributed by atoms with van der Waals surface area (Å²) in [6, 6.07) is 6.02. The molecule has 0 unspecified atom stereocenters. The van der Waals surface area contributed by atoms with E-state index in [0.717, 1.165) is 15.1 Å². The Bertz CT molecular complexity index is 361. The lowest BCUT2D eigenvalue weighted by Crippen LogP contribution is -2.23. The number of hydrogen-bond donors (Lipinski definition) is 1. The molecule has 0 amide bonds. The van der Waals surface area contributed by atoms with Crippen molar-refractivity contribution in [2.75, 3.05) is 0 Å². The molecule has 0 radical (unpaired) electrons. The fourth-order valence-electron chi connectivity index (χ4n) is 2.52. The van der Waals surface area contributed by atoms with Crippen molar-refractivity contribution in [1.82, 2.24) is 0 Å². The van der Waals surface area contributed by atoms with E-state index in [1.807, 2.05) is 12.1 Å². The highest BCUT2D eigenvalue weighted by Gasteiger charge is 2.23. The van der Waals surface area contributed by atoms with Crippen LogP contribution in [0.2, 0.25) is 5.02 Å². The number of nitrogens with two attached hydrogens (primary N) is 1. The molecule has 1 aromatic rings. The Morgan fingerprint density at radius 2 is 1.94 bits per heavy atom. The molecule has 2 N–H and O–H groups in total. The summed E-state index contributed by atoms with van der Waals surface area (Å²) < 4.78 is 1.05. The molecule has 1 atom stereocenters. The Labute approximate surface area is 110 Å². The number of rotatable bonds is 2. The minimum Gasteiger partial charge on any atom is -0.324 e. The van der Waals surface area contributed by atoms with Crippen LogP contribution in [0.15, 0.2) is 22.7 Å². The quantitative estimate of drug-likeness (QED) is 0.843. The second kappa shape index (κ2) is 5.52. The first-order chi connectivity index (χ1) is 7.68. The van der Waals surface area contributed by atoms with Crippen LogP contribution in [0.1, 0.15) is 43.7 Å². The van der Waals surface area contributed by atoms with Crippen LogP contribution in [-0.2, 0) is 0 Å². The predicted octanol–water partition coefficient (Wildman–Crippen LogP) is 4.68. The Morgan fingerprint density at radius 1 is 1.25 bits per heavy atom. The maximum Gasteiger partial charge on any atom is 0.0454 e. The zero-order chi connectivity index (χ0) is 11.5. The smallest absolute Gasteiger partial charge is 0.0454 e. The van der Waals surface area contributed by atoms with Crippen molar-refractivity contribution in [2.24, 2.45) is 11.7 Å². The van der Waals surface area contributed by atoms with Gasteiger partial charge in [0.05, 0.1) is 0 Å². The maximum absolute atomic E-state index is 6.33. The van der Waals surface area contributed by atoms with Crippen LogP contribution in [0.3, 0.4) is 0 Å². The average molecular weight is 303 g/mol. The van der Waals surface area contributed by atoms with Gasteiger partial charge in [0.2, 0.25) is 0 Å². The first-order valence-electron chi connectivity index (χ1n) is 5.89. The maximum atomic E-state index is 6.33. The van der Waals surface area contributed by atoms with Gasteiger partial charge in [-0.05, 0) is 42.5 Å². The summed E-state index contributed by atoms with van der Waals surface area (Å²) in [6.07, 6.45) is 6.46. The van der Waals surface area contributed by atoms with Gasteiger partial charge in [-0.25, -0.2) is 0 Å². The largest absolute Gasteiger partial charge is 0.324 e. The molecule has 1 nitrogen and oxygen atoms in total. The van der Waals surface area contributed by atoms with Crippen molar-refractivity contribution in [2.45, 2.75) is 38.1 Å². The van der Waals surface area contributed by atoms with Crippen LogP contribution in [0.4, 0.5) is 0 Å². The summed E-state index contributed by atoms with van der Waals surface area (Å²) in [5, 5.41) is 0.793. The van der Waals surface area contributed by atoms with Crippen LogP contribution < -0.4 is 5.73 Å². The van der Waals surface area contributed by atoms with Crippen LogP contribution in [0.25, 0.3) is 0 Å². The lowest BCUT2D eigenvalue weighted by molar-refractivity contribution is 0.308. The van der Waals surface area contributed by atoms with Crippen molar-refractivity contribution in [3.8, 4) is 0 Å². The van der Waals surface area contributed by atoms with Gasteiger partial charge in [0.25, 0.3) is 0 Å². The van der Waals surface area contributed by atoms with E-state index in [0.29, 0.717) is 5.92 Å². The fourth-order valence-corrected chi connectivity index (χ4v) is 3.14. The van der Waals surface area contributed by atoms with Gasteiger partial charge in [0, 0.05) is 15.5 Å². The fraction of sp³-hybridized carbons (Fsp3) is 0.538. The highest BCUT2D eigenvalue weighted by Crippen LogP contribution is 2.36. The number of hydrogen-bond acceptors (Lipinski definition) is 1. The summed E-state index contributed by atoms with van der Waals surface area (Å²) >= 11 is 9.68. The molecule has 1 saturated carbocycles. The Hall–Kier alpha value is -0.0500. The van der Waals surface area contributed by atoms with Crippen LogP contribution >= 0.6 is 27.5 Å². The molecule has 1 aliphatic rings. The molecular formula is C13H17BrClN. The van der Waals surface area contributed by atoms with E-state index in [2.05, 4.69) is 22.0 Å². The van der Waals surface area contributed by atoms with Gasteiger partial charge >= 0.3 is 0 Å². The average Bonchev–Trinajstić information content (AvgIpc) is 2.32. The first-order valence-corrected chi connectivity index (χ1v) is 7.06. The van der Waals surface area contributed by atoms with Gasteiger partial charge in [-0.3, -0.25) is 0 Å². The van der Waals surface area contributed by atoms with E-state index in [4.69, 9.17) is 17.3 Å². The molecule has 0 bridgehead atoms. The zero-order valence-corrected chi connectivity index (χ0v) is 11.6. The SMILES string of the molecule is N[C@H](c1cc(Br)ccc1Cl)C1CCCCC1. The molecular weight excluding hydrogens is 286 g/mol. The topological polar surface area (TPSA) is 26.0 Å². The molecule has 0 heterocycles. The van der Waals surface area contributed by atoms with Crippen molar-refractivity contribution >= 4 is 27.5 Å². The van der Waals surface area contributed by atoms with Gasteiger partial charge < -0.3 is 5.73 Å². The zero-order valence-electron chi connectivity index (χ0n) is 9.26. The lowest BCUT2D eigenvalue weighted by atomic mass is 9.81. The molecule has 88 valence electrons. The van der Waals surface area contributed by atoms with Gasteiger partial charge in [0.1, 0.15) is 0 Å². The van der Waals surface area contributed by atoms with Crippen molar-refractivity contribution < 1.29 is 0 Å². The van der Waals surface area contributed by atoms with E-state index in [-0.39, 0.29) is 6.04 Å². The standard InChI is InChI=1S/C13H17BrClN/c14-10-6-7-12(15)11(8-10)13(16)9-4-2-1-3-5-9/h6-9,13H,1-5,16H2/t13-/m0/s1. The molecule has 1 aromatic carbocycles. The monoisotopic (exact) mass is 301 g/mol. The second-order valence-corrected chi connectivity index (χ2v) is 5.91. The van der Waals surface area contributed by atoms with E-state index >= 15 is 0 Å². The van der Waals surface area contributed by atoms with Crippen LogP contribution in [0.5, 0.6) is 0 Å².